The Kier molecular flexibility index (Phi) is 5.55. The fourth-order valence-corrected chi connectivity index (χ4v) is 2.27. The summed E-state index contributed by atoms with van der Waals surface area (Å²) in [5.41, 5.74) is 1.54. The van der Waals surface area contributed by atoms with E-state index in [0.717, 1.165) is 5.56 Å². The lowest BCUT2D eigenvalue weighted by molar-refractivity contribution is -0.306. The average Bonchev–Trinajstić information content (AvgIpc) is 2.48. The van der Waals surface area contributed by atoms with E-state index in [1.807, 2.05) is 30.3 Å². The summed E-state index contributed by atoms with van der Waals surface area (Å²) in [7, 11) is 0. The van der Waals surface area contributed by atoms with Gasteiger partial charge in [-0.15, -0.1) is 0 Å². The molecular weight excluding hydrogens is 302 g/mol. The maximum Gasteiger partial charge on any atom is 0.224 e. The average molecular weight is 317 g/mol. The molecular formula is C17H15ClNO3-. The van der Waals surface area contributed by atoms with E-state index in [9.17, 15) is 14.7 Å². The van der Waals surface area contributed by atoms with Crippen LogP contribution < -0.4 is 10.4 Å². The third-order valence-corrected chi connectivity index (χ3v) is 3.44. The van der Waals surface area contributed by atoms with Gasteiger partial charge in [-0.25, -0.2) is 0 Å². The predicted octanol–water partition coefficient (Wildman–Crippen LogP) is 1.88. The van der Waals surface area contributed by atoms with Crippen molar-refractivity contribution < 1.29 is 14.7 Å². The zero-order valence-electron chi connectivity index (χ0n) is 11.8. The molecule has 5 heteroatoms. The van der Waals surface area contributed by atoms with Crippen molar-refractivity contribution in [3.8, 4) is 0 Å². The van der Waals surface area contributed by atoms with Gasteiger partial charge in [-0.1, -0.05) is 54.1 Å². The molecule has 1 atom stereocenters. The molecule has 0 bridgehead atoms. The minimum absolute atomic E-state index is 0.192. The zero-order valence-corrected chi connectivity index (χ0v) is 12.5. The van der Waals surface area contributed by atoms with Crippen LogP contribution in [0, 0.1) is 0 Å². The third kappa shape index (κ3) is 4.90. The minimum atomic E-state index is -1.22. The number of carbonyl (C=O) groups is 2. The highest BCUT2D eigenvalue weighted by Gasteiger charge is 2.15. The fourth-order valence-electron chi connectivity index (χ4n) is 2.14. The van der Waals surface area contributed by atoms with E-state index in [1.165, 1.54) is 0 Å². The number of nitrogens with one attached hydrogen (secondary N) is 1. The molecule has 0 fully saturated rings. The van der Waals surface area contributed by atoms with Crippen molar-refractivity contribution in [3.63, 3.8) is 0 Å². The van der Waals surface area contributed by atoms with E-state index in [0.29, 0.717) is 10.6 Å². The quantitative estimate of drug-likeness (QED) is 0.884. The van der Waals surface area contributed by atoms with Crippen LogP contribution in [0.15, 0.2) is 54.6 Å². The maximum atomic E-state index is 12.1. The Morgan fingerprint density at radius 3 is 2.27 bits per heavy atom. The van der Waals surface area contributed by atoms with Gasteiger partial charge in [-0.2, -0.15) is 0 Å². The van der Waals surface area contributed by atoms with Crippen molar-refractivity contribution in [1.29, 1.82) is 0 Å². The number of carbonyl (C=O) groups excluding carboxylic acids is 2. The molecule has 2 aromatic rings. The summed E-state index contributed by atoms with van der Waals surface area (Å²) in [4.78, 5) is 23.0. The van der Waals surface area contributed by atoms with E-state index >= 15 is 0 Å². The van der Waals surface area contributed by atoms with E-state index in [1.54, 1.807) is 24.3 Å². The second-order valence-electron chi connectivity index (χ2n) is 4.91. The normalized spacial score (nSPS) is 11.7. The van der Waals surface area contributed by atoms with E-state index in [2.05, 4.69) is 5.32 Å². The molecule has 0 aliphatic rings. The number of hydrogen-bond donors (Lipinski definition) is 1. The molecule has 0 aliphatic heterocycles. The van der Waals surface area contributed by atoms with Crippen molar-refractivity contribution in [2.24, 2.45) is 0 Å². The summed E-state index contributed by atoms with van der Waals surface area (Å²) in [5, 5.41) is 14.2. The molecule has 114 valence electrons. The highest BCUT2D eigenvalue weighted by Crippen LogP contribution is 2.19. The molecule has 1 amide bonds. The summed E-state index contributed by atoms with van der Waals surface area (Å²) in [6, 6.07) is 15.3. The Balaban J connectivity index is 2.07. The third-order valence-electron chi connectivity index (χ3n) is 3.19. The lowest BCUT2D eigenvalue weighted by Crippen LogP contribution is -2.35. The minimum Gasteiger partial charge on any atom is -0.550 e. The SMILES string of the molecule is O=C([O-])C[C@H](NC(=O)Cc1ccccc1)c1ccc(Cl)cc1. The smallest absolute Gasteiger partial charge is 0.224 e. The van der Waals surface area contributed by atoms with Gasteiger partial charge in [0, 0.05) is 17.4 Å². The number of hydrogen-bond acceptors (Lipinski definition) is 3. The largest absolute Gasteiger partial charge is 0.550 e. The second kappa shape index (κ2) is 7.61. The van der Waals surface area contributed by atoms with Gasteiger partial charge in [0.15, 0.2) is 0 Å². The number of benzene rings is 2. The van der Waals surface area contributed by atoms with Gasteiger partial charge < -0.3 is 15.2 Å². The van der Waals surface area contributed by atoms with Gasteiger partial charge in [0.2, 0.25) is 5.91 Å². The van der Waals surface area contributed by atoms with Crippen molar-refractivity contribution in [3.05, 3.63) is 70.7 Å². The first-order chi connectivity index (χ1) is 10.5. The Morgan fingerprint density at radius 1 is 1.05 bits per heavy atom. The number of carboxylic acid groups (broad SMARTS) is 1. The van der Waals surface area contributed by atoms with Gasteiger partial charge in [-0.05, 0) is 23.3 Å². The van der Waals surface area contributed by atoms with Crippen LogP contribution in [0.3, 0.4) is 0 Å². The highest BCUT2D eigenvalue weighted by molar-refractivity contribution is 6.30. The fraction of sp³-hybridized carbons (Fsp3) is 0.176. The molecule has 4 nitrogen and oxygen atoms in total. The molecule has 2 aromatic carbocycles. The Bertz CT molecular complexity index is 641. The molecule has 1 N–H and O–H groups in total. The van der Waals surface area contributed by atoms with E-state index < -0.39 is 12.0 Å². The topological polar surface area (TPSA) is 69.2 Å². The maximum absolute atomic E-state index is 12.1. The van der Waals surface area contributed by atoms with Crippen molar-refractivity contribution in [2.75, 3.05) is 0 Å². The van der Waals surface area contributed by atoms with Gasteiger partial charge in [-0.3, -0.25) is 4.79 Å². The number of rotatable bonds is 6. The molecule has 0 spiro atoms. The number of amides is 1. The second-order valence-corrected chi connectivity index (χ2v) is 5.35. The lowest BCUT2D eigenvalue weighted by Gasteiger charge is -2.20. The first kappa shape index (κ1) is 16.0. The molecule has 2 rings (SSSR count). The summed E-state index contributed by atoms with van der Waals surface area (Å²) in [6.45, 7) is 0. The molecule has 0 unspecified atom stereocenters. The lowest BCUT2D eigenvalue weighted by atomic mass is 10.0. The summed E-state index contributed by atoms with van der Waals surface area (Å²) in [5.74, 6) is -1.47. The van der Waals surface area contributed by atoms with Gasteiger partial charge in [0.25, 0.3) is 0 Å². The van der Waals surface area contributed by atoms with Crippen LogP contribution in [-0.2, 0) is 16.0 Å². The first-order valence-corrected chi connectivity index (χ1v) is 7.21. The zero-order chi connectivity index (χ0) is 15.9. The molecule has 22 heavy (non-hydrogen) atoms. The predicted molar refractivity (Wildman–Crippen MR) is 82.1 cm³/mol. The van der Waals surface area contributed by atoms with Gasteiger partial charge >= 0.3 is 0 Å². The molecule has 0 saturated heterocycles. The Hall–Kier alpha value is -2.33. The first-order valence-electron chi connectivity index (χ1n) is 6.83. The molecule has 0 radical (unpaired) electrons. The molecule has 0 aromatic heterocycles. The van der Waals surface area contributed by atoms with E-state index in [4.69, 9.17) is 11.6 Å². The van der Waals surface area contributed by atoms with Crippen LogP contribution in [0.5, 0.6) is 0 Å². The molecule has 0 heterocycles. The van der Waals surface area contributed by atoms with Gasteiger partial charge in [0.05, 0.1) is 12.5 Å². The van der Waals surface area contributed by atoms with Crippen LogP contribution in [0.25, 0.3) is 0 Å². The highest BCUT2D eigenvalue weighted by atomic mass is 35.5. The van der Waals surface area contributed by atoms with Crippen molar-refractivity contribution in [1.82, 2.24) is 5.32 Å². The number of halogens is 1. The van der Waals surface area contributed by atoms with Gasteiger partial charge in [0.1, 0.15) is 0 Å². The van der Waals surface area contributed by atoms with Crippen molar-refractivity contribution >= 4 is 23.5 Å². The van der Waals surface area contributed by atoms with Crippen LogP contribution >= 0.6 is 11.6 Å². The standard InChI is InChI=1S/C17H16ClNO3/c18-14-8-6-13(7-9-14)15(11-17(21)22)19-16(20)10-12-4-2-1-3-5-12/h1-9,15H,10-11H2,(H,19,20)(H,21,22)/p-1/t15-/m0/s1. The van der Waals surface area contributed by atoms with Crippen molar-refractivity contribution in [2.45, 2.75) is 18.9 Å². The summed E-state index contributed by atoms with van der Waals surface area (Å²) in [6.07, 6.45) is -0.0971. The number of aliphatic carboxylic acids is 1. The summed E-state index contributed by atoms with van der Waals surface area (Å²) >= 11 is 5.82. The van der Waals surface area contributed by atoms with Crippen LogP contribution in [0.2, 0.25) is 5.02 Å². The Labute approximate surface area is 133 Å². The van der Waals surface area contributed by atoms with E-state index in [-0.39, 0.29) is 18.7 Å². The summed E-state index contributed by atoms with van der Waals surface area (Å²) < 4.78 is 0. The monoisotopic (exact) mass is 316 g/mol. The number of carboxylic acids is 1. The van der Waals surface area contributed by atoms with Crippen LogP contribution in [0.4, 0.5) is 0 Å². The van der Waals surface area contributed by atoms with Crippen LogP contribution in [-0.4, -0.2) is 11.9 Å². The van der Waals surface area contributed by atoms with Crippen LogP contribution in [0.1, 0.15) is 23.6 Å². The molecule has 0 aliphatic carbocycles. The Morgan fingerprint density at radius 2 is 1.68 bits per heavy atom. The molecule has 0 saturated carbocycles.